The first kappa shape index (κ1) is 30.3. The number of amides is 1. The van der Waals surface area contributed by atoms with Gasteiger partial charge < -0.3 is 14.4 Å². The number of ether oxygens (including phenoxy) is 2. The smallest absolute Gasteiger partial charge is 0.272 e. The minimum Gasteiger partial charge on any atom is -0.489 e. The van der Waals surface area contributed by atoms with E-state index in [1.807, 2.05) is 43.0 Å². The minimum atomic E-state index is -1.43. The third kappa shape index (κ3) is 8.03. The molecule has 10 nitrogen and oxygen atoms in total. The Bertz CT molecular complexity index is 1410. The molecule has 3 aromatic rings. The van der Waals surface area contributed by atoms with Crippen LogP contribution in [0, 0.1) is 18.3 Å². The van der Waals surface area contributed by atoms with Crippen molar-refractivity contribution < 1.29 is 18.7 Å². The summed E-state index contributed by atoms with van der Waals surface area (Å²) in [6.07, 6.45) is 5.56. The molecule has 2 aliphatic rings. The number of alkyl halides is 1. The average molecular weight is 588 g/mol. The van der Waals surface area contributed by atoms with Crippen molar-refractivity contribution >= 4 is 5.91 Å². The molecule has 2 fully saturated rings. The number of halogens is 1. The summed E-state index contributed by atoms with van der Waals surface area (Å²) >= 11 is 0. The van der Waals surface area contributed by atoms with Crippen LogP contribution in [0.25, 0.3) is 0 Å². The number of piperidine rings is 1. The predicted molar refractivity (Wildman–Crippen MR) is 158 cm³/mol. The lowest BCUT2D eigenvalue weighted by molar-refractivity contribution is 0.0147. The van der Waals surface area contributed by atoms with Crippen LogP contribution in [0.1, 0.15) is 52.6 Å². The third-order valence-electron chi connectivity index (χ3n) is 8.01. The second kappa shape index (κ2) is 13.9. The Balaban J connectivity index is 1.06. The number of carbonyl (C=O) groups is 1. The van der Waals surface area contributed by atoms with Crippen LogP contribution in [-0.4, -0.2) is 93.7 Å². The zero-order chi connectivity index (χ0) is 30.2. The molecule has 0 aliphatic carbocycles. The van der Waals surface area contributed by atoms with Crippen molar-refractivity contribution in [2.45, 2.75) is 45.4 Å². The highest BCUT2D eigenvalue weighted by Gasteiger charge is 2.35. The fourth-order valence-corrected chi connectivity index (χ4v) is 5.40. The van der Waals surface area contributed by atoms with E-state index in [9.17, 15) is 4.79 Å². The number of piperazine rings is 1. The molecular formula is C32H38FN7O3. The number of carbonyl (C=O) groups excluding carboxylic acids is 1. The van der Waals surface area contributed by atoms with Gasteiger partial charge in [-0.15, -0.1) is 0 Å². The van der Waals surface area contributed by atoms with Gasteiger partial charge in [-0.05, 0) is 56.0 Å². The first-order chi connectivity index (χ1) is 20.8. The van der Waals surface area contributed by atoms with Gasteiger partial charge in [0.25, 0.3) is 5.91 Å². The Morgan fingerprint density at radius 3 is 2.30 bits per heavy atom. The maximum atomic E-state index is 15.6. The zero-order valence-electron chi connectivity index (χ0n) is 24.8. The number of likely N-dealkylation sites (tertiary alicyclic amines) is 1. The van der Waals surface area contributed by atoms with Crippen LogP contribution in [0.5, 0.6) is 11.6 Å². The maximum absolute atomic E-state index is 15.6. The van der Waals surface area contributed by atoms with Gasteiger partial charge in [0.1, 0.15) is 23.7 Å². The second-order valence-corrected chi connectivity index (χ2v) is 11.2. The zero-order valence-corrected chi connectivity index (χ0v) is 24.8. The van der Waals surface area contributed by atoms with E-state index in [4.69, 9.17) is 14.7 Å². The van der Waals surface area contributed by atoms with Crippen molar-refractivity contribution in [3.8, 4) is 17.7 Å². The molecule has 2 aromatic heterocycles. The van der Waals surface area contributed by atoms with Gasteiger partial charge in [0, 0.05) is 52.4 Å². The lowest BCUT2D eigenvalue weighted by atomic mass is 9.94. The van der Waals surface area contributed by atoms with Crippen LogP contribution in [0.3, 0.4) is 0 Å². The molecule has 5 rings (SSSR count). The van der Waals surface area contributed by atoms with Gasteiger partial charge >= 0.3 is 0 Å². The van der Waals surface area contributed by atoms with E-state index in [1.165, 1.54) is 6.20 Å². The summed E-state index contributed by atoms with van der Waals surface area (Å²) in [6.45, 7) is 9.55. The van der Waals surface area contributed by atoms with Crippen LogP contribution in [0.15, 0.2) is 48.9 Å². The van der Waals surface area contributed by atoms with E-state index in [0.29, 0.717) is 80.6 Å². The largest absolute Gasteiger partial charge is 0.489 e. The summed E-state index contributed by atoms with van der Waals surface area (Å²) in [5.41, 5.74) is 2.30. The summed E-state index contributed by atoms with van der Waals surface area (Å²) in [5, 5.41) is 8.98. The topological polar surface area (TPSA) is 108 Å². The van der Waals surface area contributed by atoms with Crippen LogP contribution >= 0.6 is 0 Å². The number of aromatic nitrogens is 3. The molecule has 43 heavy (non-hydrogen) atoms. The lowest BCUT2D eigenvalue weighted by Gasteiger charge is -2.36. The Hall–Kier alpha value is -4.14. The van der Waals surface area contributed by atoms with Gasteiger partial charge in [0.15, 0.2) is 0 Å². The Labute approximate surface area is 252 Å². The first-order valence-electron chi connectivity index (χ1n) is 14.8. The molecule has 2 saturated heterocycles. The van der Waals surface area contributed by atoms with Crippen molar-refractivity contribution in [3.63, 3.8) is 0 Å². The fraction of sp³-hybridized carbons (Fsp3) is 0.469. The van der Waals surface area contributed by atoms with Crippen molar-refractivity contribution in [2.24, 2.45) is 0 Å². The summed E-state index contributed by atoms with van der Waals surface area (Å²) in [5.74, 6) is 0.862. The summed E-state index contributed by atoms with van der Waals surface area (Å²) in [6, 6.07) is 11.5. The molecule has 1 aromatic carbocycles. The van der Waals surface area contributed by atoms with E-state index in [0.717, 1.165) is 30.9 Å². The van der Waals surface area contributed by atoms with Crippen LogP contribution in [0.4, 0.5) is 4.39 Å². The molecule has 2 aliphatic heterocycles. The van der Waals surface area contributed by atoms with Crippen molar-refractivity contribution in [1.82, 2.24) is 29.7 Å². The highest BCUT2D eigenvalue weighted by molar-refractivity contribution is 5.93. The van der Waals surface area contributed by atoms with Crippen molar-refractivity contribution in [2.75, 3.05) is 52.5 Å². The summed E-state index contributed by atoms with van der Waals surface area (Å²) < 4.78 is 26.7. The van der Waals surface area contributed by atoms with E-state index in [1.54, 1.807) is 18.5 Å². The molecule has 11 heteroatoms. The van der Waals surface area contributed by atoms with Gasteiger partial charge in [-0.3, -0.25) is 19.6 Å². The molecular weight excluding hydrogens is 549 g/mol. The maximum Gasteiger partial charge on any atom is 0.272 e. The van der Waals surface area contributed by atoms with Crippen LogP contribution in [0.2, 0.25) is 0 Å². The molecule has 0 unspecified atom stereocenters. The van der Waals surface area contributed by atoms with E-state index in [2.05, 4.69) is 30.8 Å². The van der Waals surface area contributed by atoms with Crippen molar-refractivity contribution in [3.05, 3.63) is 77.0 Å². The molecule has 0 spiro atoms. The number of nitriles is 1. The van der Waals surface area contributed by atoms with Crippen LogP contribution < -0.4 is 9.47 Å². The molecule has 0 N–H and O–H groups in total. The van der Waals surface area contributed by atoms with E-state index in [-0.39, 0.29) is 12.5 Å². The number of hydrogen-bond acceptors (Lipinski definition) is 9. The Kier molecular flexibility index (Phi) is 9.79. The monoisotopic (exact) mass is 587 g/mol. The number of aryl methyl sites for hydroxylation is 1. The average Bonchev–Trinajstić information content (AvgIpc) is 3.03. The van der Waals surface area contributed by atoms with Gasteiger partial charge in [-0.1, -0.05) is 12.1 Å². The predicted octanol–water partition coefficient (Wildman–Crippen LogP) is 3.79. The number of hydrogen-bond donors (Lipinski definition) is 0. The van der Waals surface area contributed by atoms with Gasteiger partial charge in [0.05, 0.1) is 42.5 Å². The quantitative estimate of drug-likeness (QED) is 0.350. The number of pyridine rings is 1. The van der Waals surface area contributed by atoms with Crippen LogP contribution in [-0.2, 0) is 13.1 Å². The summed E-state index contributed by atoms with van der Waals surface area (Å²) in [4.78, 5) is 32.6. The van der Waals surface area contributed by atoms with Gasteiger partial charge in [-0.2, -0.15) is 5.26 Å². The number of nitrogens with zero attached hydrogens (tertiary/aromatic N) is 7. The summed E-state index contributed by atoms with van der Waals surface area (Å²) in [7, 11) is 0. The van der Waals surface area contributed by atoms with E-state index < -0.39 is 5.67 Å². The molecule has 0 bridgehead atoms. The fourth-order valence-electron chi connectivity index (χ4n) is 5.40. The standard InChI is InChI=1S/C32H38FN7O3/c1-3-42-29-20-35-27(18-36-29)22-38-10-8-32(33,9-11-38)23-43-28-16-24(2)30(37-19-28)31(41)40-14-12-39(13-15-40)21-26-6-4-25(17-34)5-7-26/h4-7,16,18-20H,3,8-15,21-23H2,1-2H3. The molecule has 0 radical (unpaired) electrons. The second-order valence-electron chi connectivity index (χ2n) is 11.2. The number of rotatable bonds is 10. The lowest BCUT2D eigenvalue weighted by Crippen LogP contribution is -2.48. The van der Waals surface area contributed by atoms with E-state index >= 15 is 4.39 Å². The highest BCUT2D eigenvalue weighted by atomic mass is 19.1. The Morgan fingerprint density at radius 2 is 1.67 bits per heavy atom. The minimum absolute atomic E-state index is 0.0562. The van der Waals surface area contributed by atoms with Gasteiger partial charge in [0.2, 0.25) is 5.88 Å². The molecule has 1 amide bonds. The molecule has 0 atom stereocenters. The normalized spacial score (nSPS) is 17.3. The van der Waals surface area contributed by atoms with Crippen molar-refractivity contribution in [1.29, 1.82) is 5.26 Å². The molecule has 4 heterocycles. The molecule has 0 saturated carbocycles. The van der Waals surface area contributed by atoms with Gasteiger partial charge in [-0.25, -0.2) is 14.4 Å². The number of benzene rings is 1. The SMILES string of the molecule is CCOc1cnc(CN2CCC(F)(COc3cnc(C(=O)N4CCN(Cc5ccc(C#N)cc5)CC4)c(C)c3)CC2)cn1. The molecule has 226 valence electrons. The third-order valence-corrected chi connectivity index (χ3v) is 8.01. The Morgan fingerprint density at radius 1 is 0.953 bits per heavy atom. The first-order valence-corrected chi connectivity index (χ1v) is 14.8. The highest BCUT2D eigenvalue weighted by Crippen LogP contribution is 2.29.